The number of rotatable bonds is 8. The van der Waals surface area contributed by atoms with Gasteiger partial charge in [-0.1, -0.05) is 0 Å². The van der Waals surface area contributed by atoms with Crippen molar-refractivity contribution in [2.75, 3.05) is 20.5 Å². The number of carbonyl (C=O) groups is 1. The van der Waals surface area contributed by atoms with Crippen molar-refractivity contribution in [3.8, 4) is 11.5 Å². The number of benzene rings is 1. The molecule has 20 heavy (non-hydrogen) atoms. The lowest BCUT2D eigenvalue weighted by Gasteiger charge is -2.11. The molecule has 0 atom stereocenters. The highest BCUT2D eigenvalue weighted by atomic mass is 16.7. The average Bonchev–Trinajstić information content (AvgIpc) is 3.26. The van der Waals surface area contributed by atoms with E-state index in [2.05, 4.69) is 0 Å². The molecule has 0 aromatic heterocycles. The van der Waals surface area contributed by atoms with Crippen molar-refractivity contribution in [3.63, 3.8) is 0 Å². The second-order valence-corrected chi connectivity index (χ2v) is 4.51. The highest BCUT2D eigenvalue weighted by molar-refractivity contribution is 5.83. The average molecular weight is 281 g/mol. The van der Waals surface area contributed by atoms with Gasteiger partial charge in [-0.3, -0.25) is 14.9 Å². The van der Waals surface area contributed by atoms with Crippen molar-refractivity contribution in [2.45, 2.75) is 12.8 Å². The highest BCUT2D eigenvalue weighted by Gasteiger charge is 2.22. The van der Waals surface area contributed by atoms with Crippen LogP contribution >= 0.6 is 0 Å². The van der Waals surface area contributed by atoms with Gasteiger partial charge in [0.2, 0.25) is 0 Å². The summed E-state index contributed by atoms with van der Waals surface area (Å²) >= 11 is 0. The van der Waals surface area contributed by atoms with Crippen LogP contribution in [0.2, 0.25) is 0 Å². The van der Waals surface area contributed by atoms with Crippen molar-refractivity contribution < 1.29 is 23.9 Å². The SMILES string of the molecule is COc1cc(C=O)c([N+](=O)[O-])cc1OCOCC1CC1. The summed E-state index contributed by atoms with van der Waals surface area (Å²) in [6.45, 7) is 0.612. The summed E-state index contributed by atoms with van der Waals surface area (Å²) in [7, 11) is 1.40. The first-order valence-corrected chi connectivity index (χ1v) is 6.18. The number of methoxy groups -OCH3 is 1. The monoisotopic (exact) mass is 281 g/mol. The van der Waals surface area contributed by atoms with E-state index in [4.69, 9.17) is 14.2 Å². The van der Waals surface area contributed by atoms with Gasteiger partial charge in [-0.2, -0.15) is 0 Å². The summed E-state index contributed by atoms with van der Waals surface area (Å²) in [5.41, 5.74) is -0.379. The summed E-state index contributed by atoms with van der Waals surface area (Å²) < 4.78 is 15.7. The fourth-order valence-electron chi connectivity index (χ4n) is 1.69. The summed E-state index contributed by atoms with van der Waals surface area (Å²) in [5.74, 6) is 1.04. The number of aldehydes is 1. The first kappa shape index (κ1) is 14.3. The molecule has 2 rings (SSSR count). The van der Waals surface area contributed by atoms with Crippen LogP contribution in [-0.2, 0) is 4.74 Å². The Morgan fingerprint density at radius 1 is 1.40 bits per heavy atom. The van der Waals surface area contributed by atoms with Crippen LogP contribution in [-0.4, -0.2) is 31.7 Å². The Balaban J connectivity index is 2.09. The molecule has 1 aromatic carbocycles. The van der Waals surface area contributed by atoms with Crippen LogP contribution in [0.5, 0.6) is 11.5 Å². The Kier molecular flexibility index (Phi) is 4.52. The summed E-state index contributed by atoms with van der Waals surface area (Å²) in [5, 5.41) is 10.9. The third-order valence-corrected chi connectivity index (χ3v) is 2.98. The first-order valence-electron chi connectivity index (χ1n) is 6.18. The molecule has 0 heterocycles. The molecule has 1 aliphatic rings. The Bertz CT molecular complexity index is 512. The zero-order valence-corrected chi connectivity index (χ0v) is 11.0. The van der Waals surface area contributed by atoms with Gasteiger partial charge in [0.05, 0.1) is 30.3 Å². The number of hydrogen-bond donors (Lipinski definition) is 0. The van der Waals surface area contributed by atoms with Crippen LogP contribution in [0.4, 0.5) is 5.69 Å². The number of nitro benzene ring substituents is 1. The predicted molar refractivity (Wildman–Crippen MR) is 69.2 cm³/mol. The summed E-state index contributed by atoms with van der Waals surface area (Å²) in [6, 6.07) is 2.45. The molecule has 0 amide bonds. The van der Waals surface area contributed by atoms with Gasteiger partial charge in [-0.05, 0) is 18.8 Å². The molecule has 108 valence electrons. The van der Waals surface area contributed by atoms with E-state index in [1.165, 1.54) is 32.1 Å². The van der Waals surface area contributed by atoms with E-state index < -0.39 is 4.92 Å². The van der Waals surface area contributed by atoms with Gasteiger partial charge in [-0.25, -0.2) is 0 Å². The largest absolute Gasteiger partial charge is 0.493 e. The molecule has 0 N–H and O–H groups in total. The summed E-state index contributed by atoms with van der Waals surface area (Å²) in [6.07, 6.45) is 2.75. The van der Waals surface area contributed by atoms with E-state index in [0.717, 1.165) is 0 Å². The smallest absolute Gasteiger partial charge is 0.283 e. The lowest BCUT2D eigenvalue weighted by atomic mass is 10.1. The molecule has 0 saturated heterocycles. The molecule has 0 radical (unpaired) electrons. The van der Waals surface area contributed by atoms with Crippen molar-refractivity contribution in [1.82, 2.24) is 0 Å². The van der Waals surface area contributed by atoms with Crippen LogP contribution < -0.4 is 9.47 Å². The topological polar surface area (TPSA) is 87.9 Å². The van der Waals surface area contributed by atoms with E-state index in [1.807, 2.05) is 0 Å². The number of carbonyl (C=O) groups excluding carboxylic acids is 1. The van der Waals surface area contributed by atoms with Gasteiger partial charge in [-0.15, -0.1) is 0 Å². The van der Waals surface area contributed by atoms with Gasteiger partial charge >= 0.3 is 0 Å². The fourth-order valence-corrected chi connectivity index (χ4v) is 1.69. The molecule has 0 unspecified atom stereocenters. The van der Waals surface area contributed by atoms with Crippen LogP contribution in [0.1, 0.15) is 23.2 Å². The van der Waals surface area contributed by atoms with E-state index >= 15 is 0 Å². The van der Waals surface area contributed by atoms with Gasteiger partial charge in [0, 0.05) is 6.07 Å². The van der Waals surface area contributed by atoms with Gasteiger partial charge in [0.15, 0.2) is 24.6 Å². The van der Waals surface area contributed by atoms with Gasteiger partial charge in [0.25, 0.3) is 5.69 Å². The van der Waals surface area contributed by atoms with Gasteiger partial charge in [0.1, 0.15) is 0 Å². The highest BCUT2D eigenvalue weighted by Crippen LogP contribution is 2.34. The van der Waals surface area contributed by atoms with Gasteiger partial charge < -0.3 is 14.2 Å². The van der Waals surface area contributed by atoms with E-state index in [0.29, 0.717) is 18.8 Å². The molecule has 1 fully saturated rings. The maximum atomic E-state index is 10.9. The maximum absolute atomic E-state index is 10.9. The zero-order valence-electron chi connectivity index (χ0n) is 11.0. The molecule has 7 nitrogen and oxygen atoms in total. The van der Waals surface area contributed by atoms with Crippen molar-refractivity contribution in [1.29, 1.82) is 0 Å². The van der Waals surface area contributed by atoms with Crippen LogP contribution in [0.15, 0.2) is 12.1 Å². The Morgan fingerprint density at radius 3 is 2.70 bits per heavy atom. The van der Waals surface area contributed by atoms with Crippen LogP contribution in [0.3, 0.4) is 0 Å². The molecular formula is C13H15NO6. The zero-order chi connectivity index (χ0) is 14.5. The van der Waals surface area contributed by atoms with Crippen molar-refractivity contribution in [2.24, 2.45) is 5.92 Å². The third kappa shape index (κ3) is 3.45. The minimum atomic E-state index is -0.638. The van der Waals surface area contributed by atoms with E-state index in [9.17, 15) is 14.9 Å². The number of nitro groups is 1. The Hall–Kier alpha value is -2.15. The number of hydrogen-bond acceptors (Lipinski definition) is 6. The lowest BCUT2D eigenvalue weighted by Crippen LogP contribution is -2.07. The predicted octanol–water partition coefficient (Wildman–Crippen LogP) is 2.18. The van der Waals surface area contributed by atoms with Crippen LogP contribution in [0, 0.1) is 16.0 Å². The van der Waals surface area contributed by atoms with E-state index in [1.54, 1.807) is 0 Å². The molecule has 1 aromatic rings. The van der Waals surface area contributed by atoms with Crippen LogP contribution in [0.25, 0.3) is 0 Å². The molecule has 0 spiro atoms. The Labute approximate surface area is 115 Å². The molecule has 1 aliphatic carbocycles. The minimum absolute atomic E-state index is 0.00947. The molecule has 0 aliphatic heterocycles. The minimum Gasteiger partial charge on any atom is -0.493 e. The number of nitrogens with zero attached hydrogens (tertiary/aromatic N) is 1. The lowest BCUT2D eigenvalue weighted by molar-refractivity contribution is -0.385. The maximum Gasteiger partial charge on any atom is 0.283 e. The number of ether oxygens (including phenoxy) is 3. The molecular weight excluding hydrogens is 266 g/mol. The van der Waals surface area contributed by atoms with Crippen molar-refractivity contribution >= 4 is 12.0 Å². The quantitative estimate of drug-likeness (QED) is 0.238. The normalized spacial score (nSPS) is 13.8. The summed E-state index contributed by atoms with van der Waals surface area (Å²) in [4.78, 5) is 21.1. The fraction of sp³-hybridized carbons (Fsp3) is 0.462. The molecule has 1 saturated carbocycles. The second kappa shape index (κ2) is 6.33. The Morgan fingerprint density at radius 2 is 2.15 bits per heavy atom. The second-order valence-electron chi connectivity index (χ2n) is 4.51. The van der Waals surface area contributed by atoms with Crippen molar-refractivity contribution in [3.05, 3.63) is 27.8 Å². The standard InChI is InChI=1S/C13H15NO6/c1-18-12-4-10(6-15)11(14(16)17)5-13(12)20-8-19-7-9-2-3-9/h4-6,9H,2-3,7-8H2,1H3. The van der Waals surface area contributed by atoms with E-state index in [-0.39, 0.29) is 29.5 Å². The third-order valence-electron chi connectivity index (χ3n) is 2.98. The molecule has 0 bridgehead atoms. The first-order chi connectivity index (χ1) is 9.65. The molecule has 7 heteroatoms.